The molecule has 1 aromatic carbocycles. The third-order valence-electron chi connectivity index (χ3n) is 17.3. The standard InChI is InChI=1S/C46H68N2O5/c1-28(2)33-16-23-46(42(53)47-25-20-29-8-7-9-32(26-29)40(50)48-27-30-10-12-31(13-11-30)41(51)52)24-17-35-34(39(33)46)14-15-37-44(35,5)21-18-36-43(3,4)38(49)19-22-45(36,37)6/h7-9,26,30-31,33-39,49H,1,10-25,27H2,2-6H3,(H,47,53)(H,48,50)(H,51,52). The molecule has 0 saturated heterocycles. The molecule has 6 aliphatic carbocycles. The molecule has 292 valence electrons. The lowest BCUT2D eigenvalue weighted by molar-refractivity contribution is -0.216. The van der Waals surface area contributed by atoms with E-state index in [1.54, 1.807) is 0 Å². The molecule has 7 rings (SSSR count). The molecule has 0 radical (unpaired) electrons. The summed E-state index contributed by atoms with van der Waals surface area (Å²) < 4.78 is 0. The van der Waals surface area contributed by atoms with Gasteiger partial charge in [0.05, 0.1) is 17.4 Å². The number of rotatable bonds is 9. The summed E-state index contributed by atoms with van der Waals surface area (Å²) in [6, 6.07) is 7.76. The number of aliphatic hydroxyl groups excluding tert-OH is 1. The summed E-state index contributed by atoms with van der Waals surface area (Å²) in [6.45, 7) is 17.7. The average Bonchev–Trinajstić information content (AvgIpc) is 3.54. The van der Waals surface area contributed by atoms with Crippen molar-refractivity contribution >= 4 is 17.8 Å². The molecule has 53 heavy (non-hydrogen) atoms. The molecule has 4 N–H and O–H groups in total. The molecule has 2 amide bonds. The lowest BCUT2D eigenvalue weighted by Gasteiger charge is -2.69. The molecule has 7 heteroatoms. The summed E-state index contributed by atoms with van der Waals surface area (Å²) in [5.41, 5.74) is 3.07. The first-order chi connectivity index (χ1) is 25.1. The fourth-order valence-electron chi connectivity index (χ4n) is 14.5. The van der Waals surface area contributed by atoms with Crippen LogP contribution in [0.2, 0.25) is 0 Å². The van der Waals surface area contributed by atoms with Gasteiger partial charge in [0.25, 0.3) is 5.91 Å². The second kappa shape index (κ2) is 14.4. The lowest BCUT2D eigenvalue weighted by atomic mass is 9.36. The van der Waals surface area contributed by atoms with Gasteiger partial charge in [0, 0.05) is 18.7 Å². The number of allylic oxidation sites excluding steroid dienone is 1. The minimum Gasteiger partial charge on any atom is -0.481 e. The number of hydrogen-bond acceptors (Lipinski definition) is 4. The Labute approximate surface area is 318 Å². The Morgan fingerprint density at radius 2 is 1.55 bits per heavy atom. The zero-order valence-corrected chi connectivity index (χ0v) is 33.4. The van der Waals surface area contributed by atoms with Crippen molar-refractivity contribution in [1.29, 1.82) is 0 Å². The van der Waals surface area contributed by atoms with E-state index in [1.807, 2.05) is 24.3 Å². The van der Waals surface area contributed by atoms with Crippen LogP contribution in [0.5, 0.6) is 0 Å². The highest BCUT2D eigenvalue weighted by molar-refractivity contribution is 5.94. The Balaban J connectivity index is 0.998. The maximum absolute atomic E-state index is 14.5. The van der Waals surface area contributed by atoms with Crippen molar-refractivity contribution in [3.63, 3.8) is 0 Å². The van der Waals surface area contributed by atoms with Crippen LogP contribution in [-0.4, -0.2) is 47.2 Å². The van der Waals surface area contributed by atoms with Gasteiger partial charge >= 0.3 is 5.97 Å². The van der Waals surface area contributed by atoms with Crippen LogP contribution in [-0.2, 0) is 16.0 Å². The first-order valence-electron chi connectivity index (χ1n) is 21.3. The summed E-state index contributed by atoms with van der Waals surface area (Å²) in [4.78, 5) is 38.9. The van der Waals surface area contributed by atoms with E-state index in [9.17, 15) is 24.6 Å². The largest absolute Gasteiger partial charge is 0.481 e. The minimum absolute atomic E-state index is 0.0413. The van der Waals surface area contributed by atoms with Gasteiger partial charge in [-0.1, -0.05) is 52.0 Å². The molecule has 0 bridgehead atoms. The quantitative estimate of drug-likeness (QED) is 0.190. The molecule has 0 spiro atoms. The van der Waals surface area contributed by atoms with Crippen molar-refractivity contribution in [3.05, 3.63) is 47.5 Å². The van der Waals surface area contributed by atoms with Crippen LogP contribution in [0.15, 0.2) is 36.4 Å². The van der Waals surface area contributed by atoms with Crippen LogP contribution in [0.4, 0.5) is 0 Å². The van der Waals surface area contributed by atoms with Gasteiger partial charge in [-0.15, -0.1) is 0 Å². The molecule has 7 nitrogen and oxygen atoms in total. The monoisotopic (exact) mass is 729 g/mol. The van der Waals surface area contributed by atoms with Crippen molar-refractivity contribution < 1.29 is 24.6 Å². The zero-order chi connectivity index (χ0) is 37.9. The van der Waals surface area contributed by atoms with E-state index in [2.05, 4.69) is 51.8 Å². The van der Waals surface area contributed by atoms with Crippen molar-refractivity contribution in [2.24, 2.45) is 69.0 Å². The zero-order valence-electron chi connectivity index (χ0n) is 33.4. The second-order valence-electron chi connectivity index (χ2n) is 20.1. The maximum Gasteiger partial charge on any atom is 0.306 e. The Bertz CT molecular complexity index is 1580. The molecular weight excluding hydrogens is 661 g/mol. The van der Waals surface area contributed by atoms with Gasteiger partial charge in [-0.3, -0.25) is 14.4 Å². The second-order valence-corrected chi connectivity index (χ2v) is 20.1. The number of fused-ring (bicyclic) bond motifs is 7. The molecular formula is C46H68N2O5. The number of hydrogen-bond donors (Lipinski definition) is 4. The molecule has 1 aromatic rings. The van der Waals surface area contributed by atoms with Crippen LogP contribution < -0.4 is 10.6 Å². The van der Waals surface area contributed by atoms with Crippen molar-refractivity contribution in [2.75, 3.05) is 13.1 Å². The van der Waals surface area contributed by atoms with E-state index in [0.717, 1.165) is 56.9 Å². The predicted molar refractivity (Wildman–Crippen MR) is 209 cm³/mol. The van der Waals surface area contributed by atoms with E-state index in [0.29, 0.717) is 79.3 Å². The number of amides is 2. The van der Waals surface area contributed by atoms with Gasteiger partial charge in [-0.2, -0.15) is 0 Å². The van der Waals surface area contributed by atoms with E-state index in [1.165, 1.54) is 31.3 Å². The first-order valence-corrected chi connectivity index (χ1v) is 21.3. The molecule has 10 atom stereocenters. The summed E-state index contributed by atoms with van der Waals surface area (Å²) in [5.74, 6) is 2.66. The number of nitrogens with one attached hydrogen (secondary N) is 2. The Kier molecular flexibility index (Phi) is 10.5. The summed E-state index contributed by atoms with van der Waals surface area (Å²) in [5, 5.41) is 26.9. The summed E-state index contributed by atoms with van der Waals surface area (Å²) in [6.07, 6.45) is 14.5. The number of aliphatic carboxylic acids is 1. The lowest BCUT2D eigenvalue weighted by Crippen LogP contribution is -2.64. The molecule has 0 aromatic heterocycles. The van der Waals surface area contributed by atoms with Crippen molar-refractivity contribution in [1.82, 2.24) is 10.6 Å². The SMILES string of the molecule is C=C(C)C1CCC2(C(=O)NCCc3cccc(C(=O)NCC4CCC(C(=O)O)CC4)c3)CCC3C(CCC4C3(C)CCC3C(C)(C)C(O)CCC34C)C12. The number of carbonyl (C=O) groups is 3. The summed E-state index contributed by atoms with van der Waals surface area (Å²) >= 11 is 0. The van der Waals surface area contributed by atoms with E-state index < -0.39 is 5.97 Å². The van der Waals surface area contributed by atoms with Gasteiger partial charge in [-0.25, -0.2) is 0 Å². The molecule has 0 heterocycles. The van der Waals surface area contributed by atoms with Crippen LogP contribution >= 0.6 is 0 Å². The highest BCUT2D eigenvalue weighted by Gasteiger charge is 2.68. The number of benzene rings is 1. The Hall–Kier alpha value is -2.67. The van der Waals surface area contributed by atoms with Gasteiger partial charge < -0.3 is 20.8 Å². The smallest absolute Gasteiger partial charge is 0.306 e. The molecule has 6 saturated carbocycles. The molecule has 0 aliphatic heterocycles. The number of carbonyl (C=O) groups excluding carboxylic acids is 2. The summed E-state index contributed by atoms with van der Waals surface area (Å²) in [7, 11) is 0. The average molecular weight is 729 g/mol. The normalized spacial score (nSPS) is 41.5. The predicted octanol–water partition coefficient (Wildman–Crippen LogP) is 8.59. The number of carboxylic acid groups (broad SMARTS) is 1. The third kappa shape index (κ3) is 6.61. The van der Waals surface area contributed by atoms with Crippen LogP contribution in [0, 0.1) is 69.0 Å². The van der Waals surface area contributed by atoms with Crippen LogP contribution in [0.25, 0.3) is 0 Å². The van der Waals surface area contributed by atoms with Gasteiger partial charge in [0.15, 0.2) is 0 Å². The van der Waals surface area contributed by atoms with E-state index in [4.69, 9.17) is 0 Å². The molecule has 6 aliphatic rings. The fourth-order valence-corrected chi connectivity index (χ4v) is 14.5. The third-order valence-corrected chi connectivity index (χ3v) is 17.3. The highest BCUT2D eigenvalue weighted by atomic mass is 16.4. The van der Waals surface area contributed by atoms with Crippen molar-refractivity contribution in [3.8, 4) is 0 Å². The van der Waals surface area contributed by atoms with Gasteiger partial charge in [0.1, 0.15) is 0 Å². The van der Waals surface area contributed by atoms with E-state index >= 15 is 0 Å². The van der Waals surface area contributed by atoms with Crippen molar-refractivity contribution in [2.45, 2.75) is 137 Å². The first kappa shape index (κ1) is 38.6. The van der Waals surface area contributed by atoms with Gasteiger partial charge in [0.2, 0.25) is 5.91 Å². The molecule has 6 fully saturated rings. The van der Waals surface area contributed by atoms with Gasteiger partial charge in [-0.05, 0) is 179 Å². The maximum atomic E-state index is 14.5. The molecule has 10 unspecified atom stereocenters. The fraction of sp³-hybridized carbons (Fsp3) is 0.761. The van der Waals surface area contributed by atoms with E-state index in [-0.39, 0.29) is 45.5 Å². The Morgan fingerprint density at radius 3 is 2.26 bits per heavy atom. The number of aliphatic hydroxyl groups is 1. The minimum atomic E-state index is -0.707. The Morgan fingerprint density at radius 1 is 0.830 bits per heavy atom. The highest BCUT2D eigenvalue weighted by Crippen LogP contribution is 2.73. The van der Waals surface area contributed by atoms with Crippen LogP contribution in [0.1, 0.15) is 140 Å². The topological polar surface area (TPSA) is 116 Å². The van der Waals surface area contributed by atoms with Crippen LogP contribution in [0.3, 0.4) is 0 Å². The number of carboxylic acids is 1.